The van der Waals surface area contributed by atoms with Crippen molar-refractivity contribution < 1.29 is 41.6 Å². The SMILES string of the molecule is C=C(C)C(=O)OCC(CCCC)(COC(=O)C(=C)C)C(=O)OCCCCS(=O)(=O)O.[LiH]. The van der Waals surface area contributed by atoms with Crippen LogP contribution in [0, 0.1) is 5.41 Å². The molecule has 31 heavy (non-hydrogen) atoms. The first kappa shape index (κ1) is 31.6. The second kappa shape index (κ2) is 15.2. The summed E-state index contributed by atoms with van der Waals surface area (Å²) < 4.78 is 45.9. The standard InChI is InChI=1S/C20H32O9S.Li.H/c1-6-7-10-20(13-28-17(21)15(2)3,14-29-18(22)16(4)5)19(23)27-11-8-9-12-30(24,25)26;;/h2,4,6-14H2,1,3,5H3,(H,24,25,26);;. The fraction of sp³-hybridized carbons (Fsp3) is 0.650. The van der Waals surface area contributed by atoms with Crippen molar-refractivity contribution >= 4 is 46.9 Å². The van der Waals surface area contributed by atoms with E-state index < -0.39 is 39.2 Å². The molecule has 0 radical (unpaired) electrons. The van der Waals surface area contributed by atoms with Gasteiger partial charge in [0.05, 0.1) is 12.4 Å². The molecule has 0 rings (SSSR count). The molecule has 0 atom stereocenters. The zero-order valence-electron chi connectivity index (χ0n) is 17.9. The van der Waals surface area contributed by atoms with Gasteiger partial charge in [0.2, 0.25) is 0 Å². The van der Waals surface area contributed by atoms with Crippen molar-refractivity contribution in [2.24, 2.45) is 5.41 Å². The first-order valence-electron chi connectivity index (χ1n) is 9.62. The van der Waals surface area contributed by atoms with Gasteiger partial charge in [0, 0.05) is 11.1 Å². The molecule has 0 aromatic carbocycles. The van der Waals surface area contributed by atoms with E-state index in [0.717, 1.165) is 6.42 Å². The van der Waals surface area contributed by atoms with E-state index in [1.807, 2.05) is 6.92 Å². The monoisotopic (exact) mass is 456 g/mol. The van der Waals surface area contributed by atoms with Gasteiger partial charge >= 0.3 is 36.8 Å². The zero-order valence-corrected chi connectivity index (χ0v) is 18.7. The quantitative estimate of drug-likeness (QED) is 0.0980. The fourth-order valence-electron chi connectivity index (χ4n) is 2.28. The Hall–Kier alpha value is -1.60. The summed E-state index contributed by atoms with van der Waals surface area (Å²) in [4.78, 5) is 36.6. The average molecular weight is 456 g/mol. The van der Waals surface area contributed by atoms with Gasteiger partial charge in [-0.2, -0.15) is 8.42 Å². The van der Waals surface area contributed by atoms with E-state index >= 15 is 0 Å². The Morgan fingerprint density at radius 1 is 0.903 bits per heavy atom. The normalized spacial score (nSPS) is 11.1. The number of hydrogen-bond donors (Lipinski definition) is 1. The summed E-state index contributed by atoms with van der Waals surface area (Å²) in [5, 5.41) is 0. The van der Waals surface area contributed by atoms with E-state index in [0.29, 0.717) is 6.42 Å². The van der Waals surface area contributed by atoms with Gasteiger partial charge in [-0.05, 0) is 33.1 Å². The van der Waals surface area contributed by atoms with Crippen LogP contribution in [0.2, 0.25) is 0 Å². The summed E-state index contributed by atoms with van der Waals surface area (Å²) in [5.74, 6) is -2.56. The Morgan fingerprint density at radius 2 is 1.39 bits per heavy atom. The number of ether oxygens (including phenoxy) is 3. The van der Waals surface area contributed by atoms with Crippen LogP contribution in [-0.2, 0) is 38.7 Å². The van der Waals surface area contributed by atoms with Crippen LogP contribution in [0.1, 0.15) is 52.9 Å². The van der Waals surface area contributed by atoms with E-state index in [9.17, 15) is 22.8 Å². The Bertz CT molecular complexity index is 714. The molecule has 0 aromatic rings. The van der Waals surface area contributed by atoms with E-state index in [1.165, 1.54) is 13.8 Å². The molecule has 9 nitrogen and oxygen atoms in total. The van der Waals surface area contributed by atoms with Crippen LogP contribution in [0.4, 0.5) is 0 Å². The Balaban J connectivity index is 0. The molecule has 11 heteroatoms. The van der Waals surface area contributed by atoms with Crippen molar-refractivity contribution in [2.75, 3.05) is 25.6 Å². The number of esters is 3. The topological polar surface area (TPSA) is 133 Å². The van der Waals surface area contributed by atoms with Crippen LogP contribution < -0.4 is 0 Å². The first-order valence-corrected chi connectivity index (χ1v) is 11.2. The molecule has 0 amide bonds. The van der Waals surface area contributed by atoms with Crippen LogP contribution in [-0.4, -0.2) is 75.3 Å². The molecular weight excluding hydrogens is 423 g/mol. The summed E-state index contributed by atoms with van der Waals surface area (Å²) >= 11 is 0. The van der Waals surface area contributed by atoms with Gasteiger partial charge in [0.1, 0.15) is 18.6 Å². The van der Waals surface area contributed by atoms with Crippen LogP contribution in [0.15, 0.2) is 24.3 Å². The molecular formula is C20H33LiO9S. The van der Waals surface area contributed by atoms with Crippen molar-refractivity contribution in [1.82, 2.24) is 0 Å². The third-order valence-electron chi connectivity index (χ3n) is 4.13. The number of hydrogen-bond acceptors (Lipinski definition) is 8. The maximum atomic E-state index is 12.9. The average Bonchev–Trinajstić information content (AvgIpc) is 2.65. The van der Waals surface area contributed by atoms with Crippen molar-refractivity contribution in [2.45, 2.75) is 52.9 Å². The van der Waals surface area contributed by atoms with Crippen LogP contribution in [0.5, 0.6) is 0 Å². The van der Waals surface area contributed by atoms with Crippen LogP contribution >= 0.6 is 0 Å². The summed E-state index contributed by atoms with van der Waals surface area (Å²) in [7, 11) is -4.09. The van der Waals surface area contributed by atoms with Crippen molar-refractivity contribution in [1.29, 1.82) is 0 Å². The second-order valence-corrected chi connectivity index (χ2v) is 8.80. The number of carbonyl (C=O) groups excluding carboxylic acids is 3. The van der Waals surface area contributed by atoms with Gasteiger partial charge in [0.25, 0.3) is 10.1 Å². The van der Waals surface area contributed by atoms with Gasteiger partial charge < -0.3 is 14.2 Å². The van der Waals surface area contributed by atoms with Gasteiger partial charge in [0.15, 0.2) is 0 Å². The van der Waals surface area contributed by atoms with Crippen molar-refractivity contribution in [3.63, 3.8) is 0 Å². The third kappa shape index (κ3) is 13.4. The predicted molar refractivity (Wildman–Crippen MR) is 117 cm³/mol. The zero-order chi connectivity index (χ0) is 23.4. The second-order valence-electron chi connectivity index (χ2n) is 7.23. The molecule has 0 spiro atoms. The van der Waals surface area contributed by atoms with Crippen LogP contribution in [0.3, 0.4) is 0 Å². The van der Waals surface area contributed by atoms with Gasteiger partial charge in [-0.25, -0.2) is 9.59 Å². The van der Waals surface area contributed by atoms with Gasteiger partial charge in [-0.3, -0.25) is 9.35 Å². The Kier molecular flexibility index (Phi) is 15.5. The Morgan fingerprint density at radius 3 is 1.77 bits per heavy atom. The summed E-state index contributed by atoms with van der Waals surface area (Å²) in [6, 6.07) is 0. The minimum atomic E-state index is -4.09. The molecule has 1 N–H and O–H groups in total. The number of rotatable bonds is 15. The van der Waals surface area contributed by atoms with Crippen molar-refractivity contribution in [3.05, 3.63) is 24.3 Å². The molecule has 0 aliphatic carbocycles. The van der Waals surface area contributed by atoms with E-state index in [2.05, 4.69) is 13.2 Å². The summed E-state index contributed by atoms with van der Waals surface area (Å²) in [5.41, 5.74) is -1.12. The molecule has 0 bridgehead atoms. The van der Waals surface area contributed by atoms with Gasteiger partial charge in [-0.15, -0.1) is 0 Å². The Labute approximate surface area is 196 Å². The van der Waals surface area contributed by atoms with E-state index in [1.54, 1.807) is 0 Å². The first-order chi connectivity index (χ1) is 13.8. The number of carbonyl (C=O) groups is 3. The third-order valence-corrected chi connectivity index (χ3v) is 4.93. The fourth-order valence-corrected chi connectivity index (χ4v) is 2.85. The molecule has 0 saturated heterocycles. The van der Waals surface area contributed by atoms with Gasteiger partial charge in [-0.1, -0.05) is 32.9 Å². The molecule has 0 unspecified atom stereocenters. The summed E-state index contributed by atoms with van der Waals surface area (Å²) in [6.45, 7) is 11.0. The van der Waals surface area contributed by atoms with E-state index in [4.69, 9.17) is 18.8 Å². The van der Waals surface area contributed by atoms with Crippen molar-refractivity contribution in [3.8, 4) is 0 Å². The molecule has 0 fully saturated rings. The minimum absolute atomic E-state index is 0. The molecule has 174 valence electrons. The summed E-state index contributed by atoms with van der Waals surface area (Å²) in [6.07, 6.45) is 1.84. The van der Waals surface area contributed by atoms with Crippen LogP contribution in [0.25, 0.3) is 0 Å². The molecule has 0 heterocycles. The van der Waals surface area contributed by atoms with E-state index in [-0.39, 0.29) is 69.1 Å². The molecule has 0 aliphatic rings. The molecule has 0 aliphatic heterocycles. The number of unbranched alkanes of at least 4 members (excludes halogenated alkanes) is 2. The predicted octanol–water partition coefficient (Wildman–Crippen LogP) is 1.96. The molecule has 0 saturated carbocycles. The maximum absolute atomic E-state index is 12.9. The molecule has 0 aromatic heterocycles.